The average molecular weight is 343 g/mol. The van der Waals surface area contributed by atoms with Crippen LogP contribution in [0, 0.1) is 11.6 Å². The molecule has 20 heavy (non-hydrogen) atoms. The summed E-state index contributed by atoms with van der Waals surface area (Å²) in [5, 5.41) is 9.69. The highest BCUT2D eigenvalue weighted by Gasteiger charge is 2.10. The number of halogens is 3. The van der Waals surface area contributed by atoms with Gasteiger partial charge in [0, 0.05) is 16.1 Å². The summed E-state index contributed by atoms with van der Waals surface area (Å²) in [5.74, 6) is -0.807. The molecule has 0 aromatic heterocycles. The van der Waals surface area contributed by atoms with Crippen molar-refractivity contribution < 1.29 is 18.6 Å². The van der Waals surface area contributed by atoms with Gasteiger partial charge in [-0.1, -0.05) is 15.9 Å². The summed E-state index contributed by atoms with van der Waals surface area (Å²) in [5.41, 5.74) is 0.998. The molecule has 2 nitrogen and oxygen atoms in total. The van der Waals surface area contributed by atoms with Gasteiger partial charge in [-0.2, -0.15) is 0 Å². The van der Waals surface area contributed by atoms with Gasteiger partial charge in [-0.25, -0.2) is 8.78 Å². The van der Waals surface area contributed by atoms with Crippen LogP contribution in [0.3, 0.4) is 0 Å². The minimum Gasteiger partial charge on any atom is -0.489 e. The Morgan fingerprint density at radius 3 is 2.40 bits per heavy atom. The summed E-state index contributed by atoms with van der Waals surface area (Å²) in [6.07, 6.45) is -0.702. The lowest BCUT2D eigenvalue weighted by Crippen LogP contribution is -2.02. The van der Waals surface area contributed by atoms with Gasteiger partial charge in [-0.15, -0.1) is 0 Å². The van der Waals surface area contributed by atoms with Gasteiger partial charge < -0.3 is 9.84 Å². The minimum atomic E-state index is -0.702. The molecule has 106 valence electrons. The largest absolute Gasteiger partial charge is 0.489 e. The van der Waals surface area contributed by atoms with Crippen molar-refractivity contribution in [2.75, 3.05) is 0 Å². The number of aliphatic hydroxyl groups excluding tert-OH is 1. The fourth-order valence-corrected chi connectivity index (χ4v) is 2.21. The highest BCUT2D eigenvalue weighted by molar-refractivity contribution is 9.10. The molecular weight excluding hydrogens is 330 g/mol. The van der Waals surface area contributed by atoms with Crippen LogP contribution in [0.25, 0.3) is 0 Å². The molecule has 2 aromatic carbocycles. The Morgan fingerprint density at radius 1 is 1.15 bits per heavy atom. The molecule has 1 N–H and O–H groups in total. The van der Waals surface area contributed by atoms with E-state index in [2.05, 4.69) is 15.9 Å². The van der Waals surface area contributed by atoms with E-state index in [1.807, 2.05) is 0 Å². The third-order valence-electron chi connectivity index (χ3n) is 2.74. The molecule has 2 rings (SSSR count). The van der Waals surface area contributed by atoms with E-state index >= 15 is 0 Å². The SMILES string of the molecule is C[C@@H](O)c1cc(Br)ccc1OCc1cc(F)cc(F)c1. The first kappa shape index (κ1) is 14.9. The number of hydrogen-bond donors (Lipinski definition) is 1. The van der Waals surface area contributed by atoms with Crippen LogP contribution in [0.15, 0.2) is 40.9 Å². The van der Waals surface area contributed by atoms with E-state index in [0.717, 1.165) is 10.5 Å². The second kappa shape index (κ2) is 6.33. The highest BCUT2D eigenvalue weighted by Crippen LogP contribution is 2.29. The van der Waals surface area contributed by atoms with Crippen molar-refractivity contribution in [3.63, 3.8) is 0 Å². The normalized spacial score (nSPS) is 12.2. The Hall–Kier alpha value is -1.46. The molecule has 0 bridgehead atoms. The van der Waals surface area contributed by atoms with Crippen LogP contribution in [0.4, 0.5) is 8.78 Å². The van der Waals surface area contributed by atoms with Crippen LogP contribution in [-0.4, -0.2) is 5.11 Å². The molecular formula is C15H13BrF2O2. The summed E-state index contributed by atoms with van der Waals surface area (Å²) >= 11 is 3.31. The average Bonchev–Trinajstić information content (AvgIpc) is 2.36. The van der Waals surface area contributed by atoms with Gasteiger partial charge >= 0.3 is 0 Å². The standard InChI is InChI=1S/C15H13BrF2O2/c1-9(19)14-6-11(16)2-3-15(14)20-8-10-4-12(17)7-13(18)5-10/h2-7,9,19H,8H2,1H3/t9-/m1/s1. The van der Waals surface area contributed by atoms with Crippen molar-refractivity contribution in [3.05, 3.63) is 63.6 Å². The summed E-state index contributed by atoms with van der Waals surface area (Å²) in [6.45, 7) is 1.65. The Kier molecular flexibility index (Phi) is 4.73. The lowest BCUT2D eigenvalue weighted by atomic mass is 10.1. The number of ether oxygens (including phenoxy) is 1. The summed E-state index contributed by atoms with van der Waals surface area (Å²) in [6, 6.07) is 8.44. The molecule has 0 aliphatic carbocycles. The predicted octanol–water partition coefficient (Wildman–Crippen LogP) is 4.36. The van der Waals surface area contributed by atoms with Gasteiger partial charge in [0.15, 0.2) is 0 Å². The molecule has 0 spiro atoms. The predicted molar refractivity (Wildman–Crippen MR) is 75.5 cm³/mol. The Balaban J connectivity index is 2.18. The molecule has 0 aliphatic heterocycles. The maximum absolute atomic E-state index is 13.1. The van der Waals surface area contributed by atoms with Crippen LogP contribution < -0.4 is 4.74 Å². The zero-order chi connectivity index (χ0) is 14.7. The lowest BCUT2D eigenvalue weighted by Gasteiger charge is -2.14. The first-order chi connectivity index (χ1) is 9.45. The molecule has 5 heteroatoms. The van der Waals surface area contributed by atoms with Gasteiger partial charge in [-0.3, -0.25) is 0 Å². The van der Waals surface area contributed by atoms with Crippen molar-refractivity contribution in [1.82, 2.24) is 0 Å². The Bertz CT molecular complexity index is 595. The zero-order valence-corrected chi connectivity index (χ0v) is 12.3. The van der Waals surface area contributed by atoms with E-state index < -0.39 is 17.7 Å². The molecule has 0 heterocycles. The van der Waals surface area contributed by atoms with E-state index in [-0.39, 0.29) is 6.61 Å². The second-order valence-corrected chi connectivity index (χ2v) is 5.34. The van der Waals surface area contributed by atoms with Crippen LogP contribution >= 0.6 is 15.9 Å². The van der Waals surface area contributed by atoms with Crippen molar-refractivity contribution in [2.45, 2.75) is 19.6 Å². The fraction of sp³-hybridized carbons (Fsp3) is 0.200. The molecule has 0 amide bonds. The lowest BCUT2D eigenvalue weighted by molar-refractivity contribution is 0.190. The van der Waals surface area contributed by atoms with E-state index in [9.17, 15) is 13.9 Å². The fourth-order valence-electron chi connectivity index (χ4n) is 1.83. The molecule has 0 saturated carbocycles. The van der Waals surface area contributed by atoms with Gasteiger partial charge in [0.2, 0.25) is 0 Å². The van der Waals surface area contributed by atoms with Crippen molar-refractivity contribution in [1.29, 1.82) is 0 Å². The quantitative estimate of drug-likeness (QED) is 0.894. The van der Waals surface area contributed by atoms with E-state index in [1.54, 1.807) is 25.1 Å². The number of benzene rings is 2. The summed E-state index contributed by atoms with van der Waals surface area (Å²) in [4.78, 5) is 0. The molecule has 2 aromatic rings. The summed E-state index contributed by atoms with van der Waals surface area (Å²) in [7, 11) is 0. The molecule has 0 aliphatic rings. The first-order valence-corrected chi connectivity index (χ1v) is 6.80. The van der Waals surface area contributed by atoms with E-state index in [1.165, 1.54) is 12.1 Å². The van der Waals surface area contributed by atoms with Crippen LogP contribution in [0.1, 0.15) is 24.2 Å². The zero-order valence-electron chi connectivity index (χ0n) is 10.7. The van der Waals surface area contributed by atoms with E-state index in [4.69, 9.17) is 4.74 Å². The van der Waals surface area contributed by atoms with Gasteiger partial charge in [0.05, 0.1) is 6.10 Å². The highest BCUT2D eigenvalue weighted by atomic mass is 79.9. The molecule has 0 radical (unpaired) electrons. The topological polar surface area (TPSA) is 29.5 Å². The van der Waals surface area contributed by atoms with Gasteiger partial charge in [0.1, 0.15) is 24.0 Å². The maximum Gasteiger partial charge on any atom is 0.126 e. The second-order valence-electron chi connectivity index (χ2n) is 4.42. The molecule has 0 fully saturated rings. The van der Waals surface area contributed by atoms with Gasteiger partial charge in [0.25, 0.3) is 0 Å². The van der Waals surface area contributed by atoms with Crippen LogP contribution in [-0.2, 0) is 6.61 Å². The van der Waals surface area contributed by atoms with Crippen LogP contribution in [0.2, 0.25) is 0 Å². The third-order valence-corrected chi connectivity index (χ3v) is 3.23. The molecule has 0 saturated heterocycles. The van der Waals surface area contributed by atoms with Crippen molar-refractivity contribution >= 4 is 15.9 Å². The Morgan fingerprint density at radius 2 is 1.80 bits per heavy atom. The van der Waals surface area contributed by atoms with Crippen molar-refractivity contribution in [3.8, 4) is 5.75 Å². The molecule has 1 atom stereocenters. The number of rotatable bonds is 4. The van der Waals surface area contributed by atoms with Crippen LogP contribution in [0.5, 0.6) is 5.75 Å². The smallest absolute Gasteiger partial charge is 0.126 e. The third kappa shape index (κ3) is 3.77. The Labute approximate surface area is 124 Å². The van der Waals surface area contributed by atoms with Gasteiger partial charge in [-0.05, 0) is 42.8 Å². The number of aliphatic hydroxyl groups is 1. The molecule has 0 unspecified atom stereocenters. The summed E-state index contributed by atoms with van der Waals surface area (Å²) < 4.78 is 32.5. The first-order valence-electron chi connectivity index (χ1n) is 6.01. The maximum atomic E-state index is 13.1. The monoisotopic (exact) mass is 342 g/mol. The number of hydrogen-bond acceptors (Lipinski definition) is 2. The van der Waals surface area contributed by atoms with E-state index in [0.29, 0.717) is 16.9 Å². The van der Waals surface area contributed by atoms with Crippen molar-refractivity contribution in [2.24, 2.45) is 0 Å². The minimum absolute atomic E-state index is 0.0238.